The second-order valence-electron chi connectivity index (χ2n) is 5.41. The molecule has 21 heavy (non-hydrogen) atoms. The molecule has 1 aliphatic rings. The Hall–Kier alpha value is -1.42. The molecule has 0 saturated carbocycles. The van der Waals surface area contributed by atoms with Gasteiger partial charge in [0, 0.05) is 23.0 Å². The second kappa shape index (κ2) is 6.14. The van der Waals surface area contributed by atoms with Gasteiger partial charge in [0.2, 0.25) is 0 Å². The van der Waals surface area contributed by atoms with Gasteiger partial charge in [0.1, 0.15) is 11.6 Å². The number of rotatable bonds is 3. The summed E-state index contributed by atoms with van der Waals surface area (Å²) in [6.07, 6.45) is 3.35. The highest BCUT2D eigenvalue weighted by molar-refractivity contribution is 9.10. The van der Waals surface area contributed by atoms with Crippen molar-refractivity contribution >= 4 is 21.6 Å². The van der Waals surface area contributed by atoms with Gasteiger partial charge < -0.3 is 5.32 Å². The number of benzene rings is 2. The monoisotopic (exact) mass is 351 g/mol. The molecular formula is C17H16BrF2N. The van der Waals surface area contributed by atoms with Gasteiger partial charge in [-0.25, -0.2) is 8.78 Å². The molecule has 0 radical (unpaired) electrons. The van der Waals surface area contributed by atoms with Crippen LogP contribution in [-0.4, -0.2) is 6.54 Å². The lowest BCUT2D eigenvalue weighted by atomic mass is 9.83. The Bertz CT molecular complexity index is 634. The number of halogens is 3. The molecule has 4 heteroatoms. The Balaban J connectivity index is 1.78. The van der Waals surface area contributed by atoms with E-state index in [9.17, 15) is 8.78 Å². The van der Waals surface area contributed by atoms with E-state index in [2.05, 4.69) is 39.4 Å². The molecule has 3 rings (SSSR count). The number of hydrogen-bond acceptors (Lipinski definition) is 1. The summed E-state index contributed by atoms with van der Waals surface area (Å²) in [7, 11) is 0. The van der Waals surface area contributed by atoms with E-state index in [1.165, 1.54) is 17.2 Å². The highest BCUT2D eigenvalue weighted by atomic mass is 79.9. The molecule has 0 saturated heterocycles. The summed E-state index contributed by atoms with van der Waals surface area (Å²) >= 11 is 3.21. The van der Waals surface area contributed by atoms with E-state index in [1.54, 1.807) is 0 Å². The van der Waals surface area contributed by atoms with Crippen molar-refractivity contribution in [2.75, 3.05) is 11.9 Å². The predicted octanol–water partition coefficient (Wildman–Crippen LogP) is 5.26. The van der Waals surface area contributed by atoms with Crippen LogP contribution in [0.25, 0.3) is 0 Å². The van der Waals surface area contributed by atoms with Crippen LogP contribution in [0.3, 0.4) is 0 Å². The van der Waals surface area contributed by atoms with Crippen LogP contribution in [-0.2, 0) is 6.42 Å². The summed E-state index contributed by atoms with van der Waals surface area (Å²) in [4.78, 5) is 0. The maximum atomic E-state index is 13.8. The van der Waals surface area contributed by atoms with Crippen molar-refractivity contribution in [1.29, 1.82) is 0 Å². The minimum Gasteiger partial charge on any atom is -0.381 e. The zero-order valence-corrected chi connectivity index (χ0v) is 13.1. The Morgan fingerprint density at radius 1 is 1.19 bits per heavy atom. The summed E-state index contributed by atoms with van der Waals surface area (Å²) in [6, 6.07) is 10.6. The lowest BCUT2D eigenvalue weighted by molar-refractivity contribution is 0.564. The van der Waals surface area contributed by atoms with Crippen molar-refractivity contribution in [3.05, 3.63) is 63.6 Å². The van der Waals surface area contributed by atoms with E-state index in [1.807, 2.05) is 6.07 Å². The van der Waals surface area contributed by atoms with E-state index < -0.39 is 11.6 Å². The van der Waals surface area contributed by atoms with Gasteiger partial charge in [0.15, 0.2) is 0 Å². The first-order chi connectivity index (χ1) is 10.1. The summed E-state index contributed by atoms with van der Waals surface area (Å²) in [5.74, 6) is -0.773. The molecule has 0 bridgehead atoms. The molecule has 0 aliphatic heterocycles. The highest BCUT2D eigenvalue weighted by Gasteiger charge is 2.20. The van der Waals surface area contributed by atoms with Gasteiger partial charge in [-0.2, -0.15) is 0 Å². The van der Waals surface area contributed by atoms with Crippen LogP contribution in [0.1, 0.15) is 29.9 Å². The average Bonchev–Trinajstić information content (AvgIpc) is 2.46. The summed E-state index contributed by atoms with van der Waals surface area (Å²) in [5.41, 5.74) is 3.06. The summed E-state index contributed by atoms with van der Waals surface area (Å²) in [6.45, 7) is 0.651. The normalized spacial score (nSPS) is 17.4. The molecule has 1 nitrogen and oxygen atoms in total. The SMILES string of the molecule is Fc1cc(F)c(NCC2CCCc3ccccc32)c(Br)c1. The Labute approximate surface area is 131 Å². The minimum absolute atomic E-state index is 0.333. The lowest BCUT2D eigenvalue weighted by Gasteiger charge is -2.26. The van der Waals surface area contributed by atoms with Gasteiger partial charge in [-0.15, -0.1) is 0 Å². The molecule has 1 N–H and O–H groups in total. The molecule has 0 heterocycles. The van der Waals surface area contributed by atoms with E-state index in [4.69, 9.17) is 0 Å². The van der Waals surface area contributed by atoms with Crippen molar-refractivity contribution in [1.82, 2.24) is 0 Å². The highest BCUT2D eigenvalue weighted by Crippen LogP contribution is 2.33. The van der Waals surface area contributed by atoms with Crippen molar-refractivity contribution < 1.29 is 8.78 Å². The second-order valence-corrected chi connectivity index (χ2v) is 6.27. The Morgan fingerprint density at radius 3 is 2.81 bits per heavy atom. The number of fused-ring (bicyclic) bond motifs is 1. The number of anilines is 1. The third-order valence-corrected chi connectivity index (χ3v) is 4.65. The first-order valence-corrected chi connectivity index (χ1v) is 7.90. The van der Waals surface area contributed by atoms with Gasteiger partial charge in [-0.05, 0) is 52.4 Å². The van der Waals surface area contributed by atoms with E-state index >= 15 is 0 Å². The summed E-state index contributed by atoms with van der Waals surface area (Å²) in [5, 5.41) is 3.13. The Morgan fingerprint density at radius 2 is 2.00 bits per heavy atom. The lowest BCUT2D eigenvalue weighted by Crippen LogP contribution is -2.18. The molecule has 1 unspecified atom stereocenters. The van der Waals surface area contributed by atoms with Gasteiger partial charge >= 0.3 is 0 Å². The van der Waals surface area contributed by atoms with Gasteiger partial charge in [-0.1, -0.05) is 24.3 Å². The fraction of sp³-hybridized carbons (Fsp3) is 0.294. The number of hydrogen-bond donors (Lipinski definition) is 1. The molecule has 1 aliphatic carbocycles. The molecule has 0 fully saturated rings. The van der Waals surface area contributed by atoms with E-state index in [0.29, 0.717) is 22.6 Å². The van der Waals surface area contributed by atoms with Crippen LogP contribution in [0.4, 0.5) is 14.5 Å². The third kappa shape index (κ3) is 3.10. The fourth-order valence-electron chi connectivity index (χ4n) is 3.00. The Kier molecular flexibility index (Phi) is 4.24. The average molecular weight is 352 g/mol. The van der Waals surface area contributed by atoms with Crippen molar-refractivity contribution in [3.63, 3.8) is 0 Å². The molecule has 110 valence electrons. The van der Waals surface area contributed by atoms with Gasteiger partial charge in [0.25, 0.3) is 0 Å². The minimum atomic E-state index is -0.576. The maximum absolute atomic E-state index is 13.8. The third-order valence-electron chi connectivity index (χ3n) is 4.03. The zero-order chi connectivity index (χ0) is 14.8. The molecule has 2 aromatic rings. The first-order valence-electron chi connectivity index (χ1n) is 7.11. The number of nitrogens with one attached hydrogen (secondary N) is 1. The van der Waals surface area contributed by atoms with E-state index in [-0.39, 0.29) is 0 Å². The quantitative estimate of drug-likeness (QED) is 0.795. The van der Waals surface area contributed by atoms with Crippen molar-refractivity contribution in [2.24, 2.45) is 0 Å². The van der Waals surface area contributed by atoms with Crippen LogP contribution >= 0.6 is 15.9 Å². The molecule has 0 amide bonds. The fourth-order valence-corrected chi connectivity index (χ4v) is 3.55. The largest absolute Gasteiger partial charge is 0.381 e. The smallest absolute Gasteiger partial charge is 0.150 e. The predicted molar refractivity (Wildman–Crippen MR) is 84.7 cm³/mol. The van der Waals surface area contributed by atoms with Gasteiger partial charge in [-0.3, -0.25) is 0 Å². The summed E-state index contributed by atoms with van der Waals surface area (Å²) < 4.78 is 27.4. The number of aryl methyl sites for hydroxylation is 1. The van der Waals surface area contributed by atoms with Crippen LogP contribution in [0.15, 0.2) is 40.9 Å². The van der Waals surface area contributed by atoms with Gasteiger partial charge in [0.05, 0.1) is 5.69 Å². The van der Waals surface area contributed by atoms with E-state index in [0.717, 1.165) is 25.3 Å². The molecular weight excluding hydrogens is 336 g/mol. The first kappa shape index (κ1) is 14.5. The van der Waals surface area contributed by atoms with Crippen molar-refractivity contribution in [2.45, 2.75) is 25.2 Å². The molecule has 0 spiro atoms. The zero-order valence-electron chi connectivity index (χ0n) is 11.5. The van der Waals surface area contributed by atoms with Crippen LogP contribution in [0.2, 0.25) is 0 Å². The van der Waals surface area contributed by atoms with Crippen molar-refractivity contribution in [3.8, 4) is 0 Å². The maximum Gasteiger partial charge on any atom is 0.150 e. The topological polar surface area (TPSA) is 12.0 Å². The van der Waals surface area contributed by atoms with Crippen LogP contribution in [0, 0.1) is 11.6 Å². The van der Waals surface area contributed by atoms with Crippen LogP contribution in [0.5, 0.6) is 0 Å². The molecule has 0 aromatic heterocycles. The molecule has 2 aromatic carbocycles. The van der Waals surface area contributed by atoms with Crippen LogP contribution < -0.4 is 5.32 Å². The molecule has 1 atom stereocenters. The standard InChI is InChI=1S/C17H16BrF2N/c18-15-8-13(19)9-16(20)17(15)21-10-12-6-3-5-11-4-1-2-7-14(11)12/h1-2,4,7-9,12,21H,3,5-6,10H2.